The van der Waals surface area contributed by atoms with E-state index in [1.165, 1.54) is 17.0 Å². The van der Waals surface area contributed by atoms with Gasteiger partial charge in [0.1, 0.15) is 11.6 Å². The van der Waals surface area contributed by atoms with Crippen molar-refractivity contribution in [1.29, 1.82) is 0 Å². The molecule has 1 rings (SSSR count). The molecule has 1 amide bonds. The van der Waals surface area contributed by atoms with Gasteiger partial charge in [0.05, 0.1) is 0 Å². The van der Waals surface area contributed by atoms with Crippen LogP contribution in [0.15, 0.2) is 22.7 Å². The van der Waals surface area contributed by atoms with Crippen LogP contribution >= 0.6 is 15.9 Å². The van der Waals surface area contributed by atoms with E-state index in [1.807, 2.05) is 6.92 Å². The van der Waals surface area contributed by atoms with E-state index in [1.54, 1.807) is 13.1 Å². The number of carbonyl (C=O) groups is 1. The molecule has 0 saturated heterocycles. The van der Waals surface area contributed by atoms with Crippen molar-refractivity contribution in [2.24, 2.45) is 0 Å². The third-order valence-corrected chi connectivity index (χ3v) is 2.56. The smallest absolute Gasteiger partial charge is 0.260 e. The van der Waals surface area contributed by atoms with E-state index in [2.05, 4.69) is 15.9 Å². The van der Waals surface area contributed by atoms with Crippen LogP contribution in [0.5, 0.6) is 5.75 Å². The molecule has 0 atom stereocenters. The highest BCUT2D eigenvalue weighted by Gasteiger charge is 2.08. The third-order valence-electron chi connectivity index (χ3n) is 2.10. The normalized spacial score (nSPS) is 10.0. The fraction of sp³-hybridized carbons (Fsp3) is 0.364. The van der Waals surface area contributed by atoms with Gasteiger partial charge in [0, 0.05) is 24.1 Å². The molecule has 16 heavy (non-hydrogen) atoms. The summed E-state index contributed by atoms with van der Waals surface area (Å²) in [5.41, 5.74) is 0. The zero-order valence-corrected chi connectivity index (χ0v) is 10.8. The summed E-state index contributed by atoms with van der Waals surface area (Å²) in [6.07, 6.45) is 0. The van der Waals surface area contributed by atoms with Gasteiger partial charge in [0.15, 0.2) is 6.61 Å². The van der Waals surface area contributed by atoms with E-state index < -0.39 is 5.82 Å². The Morgan fingerprint density at radius 2 is 2.19 bits per heavy atom. The van der Waals surface area contributed by atoms with E-state index in [9.17, 15) is 9.18 Å². The summed E-state index contributed by atoms with van der Waals surface area (Å²) in [5.74, 6) is -0.201. The molecule has 0 unspecified atom stereocenters. The number of amides is 1. The lowest BCUT2D eigenvalue weighted by atomic mass is 10.3. The first-order chi connectivity index (χ1) is 7.52. The zero-order chi connectivity index (χ0) is 12.1. The number of hydrogen-bond acceptors (Lipinski definition) is 2. The van der Waals surface area contributed by atoms with E-state index in [-0.39, 0.29) is 12.5 Å². The molecular weight excluding hydrogens is 277 g/mol. The summed E-state index contributed by atoms with van der Waals surface area (Å²) in [4.78, 5) is 12.9. The maximum atomic E-state index is 13.0. The monoisotopic (exact) mass is 289 g/mol. The van der Waals surface area contributed by atoms with Gasteiger partial charge in [-0.15, -0.1) is 0 Å². The number of nitrogens with zero attached hydrogens (tertiary/aromatic N) is 1. The fourth-order valence-corrected chi connectivity index (χ4v) is 1.49. The van der Waals surface area contributed by atoms with Crippen LogP contribution in [0.4, 0.5) is 4.39 Å². The van der Waals surface area contributed by atoms with Gasteiger partial charge in [0.25, 0.3) is 5.91 Å². The van der Waals surface area contributed by atoms with Gasteiger partial charge in [-0.05, 0) is 19.1 Å². The van der Waals surface area contributed by atoms with Crippen LogP contribution in [-0.4, -0.2) is 31.0 Å². The molecule has 0 saturated carbocycles. The van der Waals surface area contributed by atoms with Gasteiger partial charge in [-0.3, -0.25) is 4.79 Å². The van der Waals surface area contributed by atoms with Crippen LogP contribution < -0.4 is 4.74 Å². The maximum absolute atomic E-state index is 13.0. The number of benzene rings is 1. The van der Waals surface area contributed by atoms with Gasteiger partial charge in [0.2, 0.25) is 0 Å². The second kappa shape index (κ2) is 5.84. The third kappa shape index (κ3) is 3.81. The molecule has 0 radical (unpaired) electrons. The van der Waals surface area contributed by atoms with Crippen molar-refractivity contribution >= 4 is 21.8 Å². The largest absolute Gasteiger partial charge is 0.484 e. The summed E-state index contributed by atoms with van der Waals surface area (Å²) in [7, 11) is 1.69. The summed E-state index contributed by atoms with van der Waals surface area (Å²) in [6, 6.07) is 4.18. The molecule has 0 fully saturated rings. The SMILES string of the molecule is CCN(C)C(=O)COc1cc(F)cc(Br)c1. The van der Waals surface area contributed by atoms with Crippen LogP contribution in [0, 0.1) is 5.82 Å². The quantitative estimate of drug-likeness (QED) is 0.852. The molecule has 3 nitrogen and oxygen atoms in total. The Kier molecular flexibility index (Phi) is 4.73. The number of ether oxygens (including phenoxy) is 1. The maximum Gasteiger partial charge on any atom is 0.260 e. The lowest BCUT2D eigenvalue weighted by molar-refractivity contribution is -0.131. The fourth-order valence-electron chi connectivity index (χ4n) is 1.04. The lowest BCUT2D eigenvalue weighted by Crippen LogP contribution is -2.31. The van der Waals surface area contributed by atoms with E-state index >= 15 is 0 Å². The Morgan fingerprint density at radius 3 is 2.75 bits per heavy atom. The van der Waals surface area contributed by atoms with Crippen LogP contribution in [0.3, 0.4) is 0 Å². The highest BCUT2D eigenvalue weighted by Crippen LogP contribution is 2.20. The number of carbonyl (C=O) groups excluding carboxylic acids is 1. The van der Waals surface area contributed by atoms with Gasteiger partial charge in [-0.2, -0.15) is 0 Å². The second-order valence-electron chi connectivity index (χ2n) is 3.30. The van der Waals surface area contributed by atoms with E-state index in [0.717, 1.165) is 0 Å². The molecule has 0 aliphatic heterocycles. The molecule has 0 N–H and O–H groups in total. The van der Waals surface area contributed by atoms with Crippen molar-refractivity contribution in [3.8, 4) is 5.75 Å². The van der Waals surface area contributed by atoms with E-state index in [4.69, 9.17) is 4.74 Å². The van der Waals surface area contributed by atoms with Crippen molar-refractivity contribution in [2.75, 3.05) is 20.2 Å². The number of likely N-dealkylation sites (N-methyl/N-ethyl adjacent to an activating group) is 1. The molecular formula is C11H13BrFNO2. The van der Waals surface area contributed by atoms with Crippen molar-refractivity contribution in [3.63, 3.8) is 0 Å². The molecule has 0 aliphatic carbocycles. The Balaban J connectivity index is 2.58. The highest BCUT2D eigenvalue weighted by molar-refractivity contribution is 9.10. The summed E-state index contributed by atoms with van der Waals surface area (Å²) in [5, 5.41) is 0. The number of hydrogen-bond donors (Lipinski definition) is 0. The van der Waals surface area contributed by atoms with E-state index in [0.29, 0.717) is 16.8 Å². The first-order valence-corrected chi connectivity index (χ1v) is 5.65. The van der Waals surface area contributed by atoms with Crippen LogP contribution in [-0.2, 0) is 4.79 Å². The lowest BCUT2D eigenvalue weighted by Gasteiger charge is -2.14. The number of halogens is 2. The molecule has 0 aliphatic rings. The van der Waals surface area contributed by atoms with Crippen LogP contribution in [0.1, 0.15) is 6.92 Å². The van der Waals surface area contributed by atoms with Crippen molar-refractivity contribution in [1.82, 2.24) is 4.90 Å². The van der Waals surface area contributed by atoms with Crippen molar-refractivity contribution in [3.05, 3.63) is 28.5 Å². The second-order valence-corrected chi connectivity index (χ2v) is 4.22. The minimum Gasteiger partial charge on any atom is -0.484 e. The average molecular weight is 290 g/mol. The van der Waals surface area contributed by atoms with Gasteiger partial charge < -0.3 is 9.64 Å². The minimum atomic E-state index is -0.402. The molecule has 0 aromatic heterocycles. The Bertz CT molecular complexity index is 364. The molecule has 1 aromatic carbocycles. The summed E-state index contributed by atoms with van der Waals surface area (Å²) >= 11 is 3.15. The summed E-state index contributed by atoms with van der Waals surface area (Å²) in [6.45, 7) is 2.41. The molecule has 88 valence electrons. The molecule has 0 heterocycles. The Labute approximate surface area is 102 Å². The standard InChI is InChI=1S/C11H13BrFNO2/c1-3-14(2)11(15)7-16-10-5-8(12)4-9(13)6-10/h4-6H,3,7H2,1-2H3. The first kappa shape index (κ1) is 13.0. The van der Waals surface area contributed by atoms with Gasteiger partial charge in [-0.1, -0.05) is 15.9 Å². The Hall–Kier alpha value is -1.10. The predicted molar refractivity (Wildman–Crippen MR) is 62.9 cm³/mol. The zero-order valence-electron chi connectivity index (χ0n) is 9.17. The molecule has 0 spiro atoms. The van der Waals surface area contributed by atoms with Crippen LogP contribution in [0.2, 0.25) is 0 Å². The van der Waals surface area contributed by atoms with Crippen LogP contribution in [0.25, 0.3) is 0 Å². The molecule has 5 heteroatoms. The van der Waals surface area contributed by atoms with Gasteiger partial charge in [-0.25, -0.2) is 4.39 Å². The minimum absolute atomic E-state index is 0.0831. The highest BCUT2D eigenvalue weighted by atomic mass is 79.9. The first-order valence-electron chi connectivity index (χ1n) is 4.85. The van der Waals surface area contributed by atoms with Crippen molar-refractivity contribution < 1.29 is 13.9 Å². The molecule has 1 aromatic rings. The topological polar surface area (TPSA) is 29.5 Å². The summed E-state index contributed by atoms with van der Waals surface area (Å²) < 4.78 is 18.7. The van der Waals surface area contributed by atoms with Gasteiger partial charge >= 0.3 is 0 Å². The molecule has 0 bridgehead atoms. The predicted octanol–water partition coefficient (Wildman–Crippen LogP) is 2.45. The average Bonchev–Trinajstić information content (AvgIpc) is 2.23. The number of rotatable bonds is 4. The van der Waals surface area contributed by atoms with Crippen molar-refractivity contribution in [2.45, 2.75) is 6.92 Å². The Morgan fingerprint density at radius 1 is 1.50 bits per heavy atom.